The zero-order chi connectivity index (χ0) is 12.2. The Labute approximate surface area is 94.1 Å². The van der Waals surface area contributed by atoms with Crippen molar-refractivity contribution in [3.63, 3.8) is 0 Å². The van der Waals surface area contributed by atoms with E-state index in [1.54, 1.807) is 24.3 Å². The van der Waals surface area contributed by atoms with Gasteiger partial charge in [0.25, 0.3) is 0 Å². The number of rotatable bonds is 2. The molecule has 4 nitrogen and oxygen atoms in total. The van der Waals surface area contributed by atoms with Gasteiger partial charge in [0.05, 0.1) is 17.7 Å². The highest BCUT2D eigenvalue weighted by atomic mass is 16.2. The van der Waals surface area contributed by atoms with E-state index in [1.165, 1.54) is 13.8 Å². The quantitative estimate of drug-likeness (QED) is 0.816. The minimum atomic E-state index is -1.08. The Bertz CT molecular complexity index is 492. The molecule has 16 heavy (non-hydrogen) atoms. The van der Waals surface area contributed by atoms with Crippen LogP contribution in [-0.4, -0.2) is 5.91 Å². The van der Waals surface area contributed by atoms with Crippen LogP contribution >= 0.6 is 0 Å². The fourth-order valence-corrected chi connectivity index (χ4v) is 1.00. The number of nitrogens with one attached hydrogen (secondary N) is 1. The molecule has 0 saturated carbocycles. The maximum atomic E-state index is 11.6. The molecule has 0 atom stereocenters. The molecule has 1 rings (SSSR count). The van der Waals surface area contributed by atoms with Gasteiger partial charge in [0.1, 0.15) is 5.41 Å². The van der Waals surface area contributed by atoms with E-state index in [2.05, 4.69) is 5.32 Å². The van der Waals surface area contributed by atoms with E-state index in [1.807, 2.05) is 12.1 Å². The van der Waals surface area contributed by atoms with Crippen LogP contribution in [0.5, 0.6) is 0 Å². The first-order valence-corrected chi connectivity index (χ1v) is 4.72. The monoisotopic (exact) mass is 213 g/mol. The number of carbonyl (C=O) groups excluding carboxylic acids is 1. The van der Waals surface area contributed by atoms with Gasteiger partial charge in [-0.1, -0.05) is 6.07 Å². The molecule has 0 unspecified atom stereocenters. The van der Waals surface area contributed by atoms with Crippen LogP contribution in [0.3, 0.4) is 0 Å². The summed E-state index contributed by atoms with van der Waals surface area (Å²) in [6.07, 6.45) is 0. The molecule has 0 aromatic heterocycles. The van der Waals surface area contributed by atoms with Crippen LogP contribution < -0.4 is 5.32 Å². The predicted octanol–water partition coefficient (Wildman–Crippen LogP) is 2.05. The highest BCUT2D eigenvalue weighted by Crippen LogP contribution is 2.17. The summed E-state index contributed by atoms with van der Waals surface area (Å²) in [5.74, 6) is -0.384. The maximum absolute atomic E-state index is 11.6. The summed E-state index contributed by atoms with van der Waals surface area (Å²) in [4.78, 5) is 11.6. The fraction of sp³-hybridized carbons (Fsp3) is 0.250. The largest absolute Gasteiger partial charge is 0.325 e. The maximum Gasteiger partial charge on any atom is 0.244 e. The molecule has 0 fully saturated rings. The van der Waals surface area contributed by atoms with Crippen molar-refractivity contribution in [3.8, 4) is 12.1 Å². The van der Waals surface area contributed by atoms with E-state index >= 15 is 0 Å². The number of hydrogen-bond donors (Lipinski definition) is 1. The van der Waals surface area contributed by atoms with E-state index in [9.17, 15) is 4.79 Å². The molecule has 0 aliphatic heterocycles. The number of anilines is 1. The highest BCUT2D eigenvalue weighted by Gasteiger charge is 2.27. The molecule has 0 heterocycles. The molecule has 0 aliphatic rings. The first kappa shape index (κ1) is 11.7. The zero-order valence-corrected chi connectivity index (χ0v) is 9.11. The standard InChI is InChI=1S/C12H11N3O/c1-12(2,8-14)11(16)15-10-5-3-4-9(6-10)7-13/h3-6H,1-2H3,(H,15,16). The van der Waals surface area contributed by atoms with Crippen LogP contribution in [0.4, 0.5) is 5.69 Å². The number of nitriles is 2. The Morgan fingerprint density at radius 3 is 2.62 bits per heavy atom. The molecule has 1 amide bonds. The van der Waals surface area contributed by atoms with Crippen molar-refractivity contribution in [2.75, 3.05) is 5.32 Å². The Kier molecular flexibility index (Phi) is 3.27. The van der Waals surface area contributed by atoms with Gasteiger partial charge in [0, 0.05) is 5.69 Å². The molecule has 0 aliphatic carbocycles. The summed E-state index contributed by atoms with van der Waals surface area (Å²) in [6.45, 7) is 3.08. The third kappa shape index (κ3) is 2.59. The molecule has 0 radical (unpaired) electrons. The number of benzene rings is 1. The summed E-state index contributed by atoms with van der Waals surface area (Å²) in [6, 6.07) is 10.4. The van der Waals surface area contributed by atoms with Crippen LogP contribution in [-0.2, 0) is 4.79 Å². The second-order valence-electron chi connectivity index (χ2n) is 3.88. The van der Waals surface area contributed by atoms with Gasteiger partial charge in [-0.25, -0.2) is 0 Å². The molecular formula is C12H11N3O. The van der Waals surface area contributed by atoms with E-state index < -0.39 is 5.41 Å². The normalized spacial score (nSPS) is 10.0. The molecular weight excluding hydrogens is 202 g/mol. The Morgan fingerprint density at radius 1 is 1.38 bits per heavy atom. The van der Waals surface area contributed by atoms with Crippen molar-refractivity contribution >= 4 is 11.6 Å². The van der Waals surface area contributed by atoms with Gasteiger partial charge in [-0.3, -0.25) is 4.79 Å². The smallest absolute Gasteiger partial charge is 0.244 e. The SMILES string of the molecule is CC(C)(C#N)C(=O)Nc1cccc(C#N)c1. The van der Waals surface area contributed by atoms with Crippen molar-refractivity contribution < 1.29 is 4.79 Å². The Morgan fingerprint density at radius 2 is 2.06 bits per heavy atom. The summed E-state index contributed by atoms with van der Waals surface area (Å²) in [5.41, 5.74) is -0.0947. The van der Waals surface area contributed by atoms with Gasteiger partial charge >= 0.3 is 0 Å². The summed E-state index contributed by atoms with van der Waals surface area (Å²) in [7, 11) is 0. The van der Waals surface area contributed by atoms with Gasteiger partial charge in [-0.05, 0) is 32.0 Å². The van der Waals surface area contributed by atoms with Crippen molar-refractivity contribution in [2.45, 2.75) is 13.8 Å². The van der Waals surface area contributed by atoms with E-state index in [-0.39, 0.29) is 5.91 Å². The average molecular weight is 213 g/mol. The molecule has 0 bridgehead atoms. The minimum Gasteiger partial charge on any atom is -0.325 e. The van der Waals surface area contributed by atoms with Gasteiger partial charge < -0.3 is 5.32 Å². The van der Waals surface area contributed by atoms with Crippen LogP contribution in [0.15, 0.2) is 24.3 Å². The average Bonchev–Trinajstić information content (AvgIpc) is 2.29. The fourth-order valence-electron chi connectivity index (χ4n) is 1.00. The van der Waals surface area contributed by atoms with Gasteiger partial charge in [0.2, 0.25) is 5.91 Å². The predicted molar refractivity (Wildman–Crippen MR) is 59.2 cm³/mol. The minimum absolute atomic E-state index is 0.384. The number of amides is 1. The van der Waals surface area contributed by atoms with Crippen LogP contribution in [0.25, 0.3) is 0 Å². The molecule has 1 aromatic carbocycles. The number of hydrogen-bond acceptors (Lipinski definition) is 3. The third-order valence-corrected chi connectivity index (χ3v) is 2.10. The summed E-state index contributed by atoms with van der Waals surface area (Å²) >= 11 is 0. The Hall–Kier alpha value is -2.33. The molecule has 80 valence electrons. The van der Waals surface area contributed by atoms with E-state index in [4.69, 9.17) is 10.5 Å². The molecule has 0 spiro atoms. The second-order valence-corrected chi connectivity index (χ2v) is 3.88. The molecule has 4 heteroatoms. The van der Waals surface area contributed by atoms with Crippen LogP contribution in [0.2, 0.25) is 0 Å². The number of nitrogens with zero attached hydrogens (tertiary/aromatic N) is 2. The Balaban J connectivity index is 2.87. The van der Waals surface area contributed by atoms with Crippen molar-refractivity contribution in [1.82, 2.24) is 0 Å². The summed E-state index contributed by atoms with van der Waals surface area (Å²) in [5, 5.41) is 20.1. The van der Waals surface area contributed by atoms with Gasteiger partial charge in [-0.2, -0.15) is 10.5 Å². The molecule has 1 N–H and O–H groups in total. The first-order chi connectivity index (χ1) is 7.49. The zero-order valence-electron chi connectivity index (χ0n) is 9.11. The van der Waals surface area contributed by atoms with E-state index in [0.717, 1.165) is 0 Å². The van der Waals surface area contributed by atoms with Crippen molar-refractivity contribution in [3.05, 3.63) is 29.8 Å². The third-order valence-electron chi connectivity index (χ3n) is 2.10. The second kappa shape index (κ2) is 4.46. The lowest BCUT2D eigenvalue weighted by Gasteiger charge is -2.14. The highest BCUT2D eigenvalue weighted by molar-refractivity contribution is 5.96. The van der Waals surface area contributed by atoms with Crippen molar-refractivity contribution in [2.24, 2.45) is 5.41 Å². The lowest BCUT2D eigenvalue weighted by molar-refractivity contribution is -0.121. The van der Waals surface area contributed by atoms with E-state index in [0.29, 0.717) is 11.3 Å². The lowest BCUT2D eigenvalue weighted by Crippen LogP contribution is -2.29. The van der Waals surface area contributed by atoms with Gasteiger partial charge in [-0.15, -0.1) is 0 Å². The van der Waals surface area contributed by atoms with Crippen LogP contribution in [0.1, 0.15) is 19.4 Å². The first-order valence-electron chi connectivity index (χ1n) is 4.72. The van der Waals surface area contributed by atoms with Gasteiger partial charge in [0.15, 0.2) is 0 Å². The molecule has 1 aromatic rings. The summed E-state index contributed by atoms with van der Waals surface area (Å²) < 4.78 is 0. The van der Waals surface area contributed by atoms with Crippen molar-refractivity contribution in [1.29, 1.82) is 10.5 Å². The van der Waals surface area contributed by atoms with Crippen LogP contribution in [0, 0.1) is 28.1 Å². The molecule has 0 saturated heterocycles. The topological polar surface area (TPSA) is 76.7 Å². The lowest BCUT2D eigenvalue weighted by atomic mass is 9.94. The number of carbonyl (C=O) groups is 1.